The molecule has 4 rings (SSSR count). The monoisotopic (exact) mass is 366 g/mol. The van der Waals surface area contributed by atoms with Crippen LogP contribution in [-0.4, -0.2) is 33.7 Å². The van der Waals surface area contributed by atoms with E-state index in [0.717, 1.165) is 26.1 Å². The molecule has 6 heteroatoms. The van der Waals surface area contributed by atoms with Crippen molar-refractivity contribution < 1.29 is 4.79 Å². The number of hydrogen-bond acceptors (Lipinski definition) is 4. The summed E-state index contributed by atoms with van der Waals surface area (Å²) in [5.74, 6) is -0.0165. The summed E-state index contributed by atoms with van der Waals surface area (Å²) in [4.78, 5) is 14.7. The summed E-state index contributed by atoms with van der Waals surface area (Å²) in [6, 6.07) is 13.9. The van der Waals surface area contributed by atoms with E-state index in [9.17, 15) is 4.79 Å². The van der Waals surface area contributed by atoms with Crippen molar-refractivity contribution in [3.8, 4) is 0 Å². The Hall–Kier alpha value is -2.44. The van der Waals surface area contributed by atoms with Gasteiger partial charge in [-0.05, 0) is 47.0 Å². The molecule has 0 fully saturated rings. The van der Waals surface area contributed by atoms with Crippen LogP contribution in [0.3, 0.4) is 0 Å². The average Bonchev–Trinajstić information content (AvgIpc) is 3.34. The van der Waals surface area contributed by atoms with Gasteiger partial charge in [-0.2, -0.15) is 16.4 Å². The number of nitrogens with one attached hydrogen (secondary N) is 1. The predicted octanol–water partition coefficient (Wildman–Crippen LogP) is 3.32. The molecular formula is C20H22N4OS. The summed E-state index contributed by atoms with van der Waals surface area (Å²) < 4.78 is 2.12. The highest BCUT2D eigenvalue weighted by Gasteiger charge is 2.25. The fraction of sp³-hybridized carbons (Fsp3) is 0.300. The van der Waals surface area contributed by atoms with Gasteiger partial charge in [0.15, 0.2) is 0 Å². The molecule has 2 aromatic heterocycles. The molecule has 5 nitrogen and oxygen atoms in total. The first-order chi connectivity index (χ1) is 12.8. The Labute approximate surface area is 157 Å². The van der Waals surface area contributed by atoms with Gasteiger partial charge in [0.05, 0.1) is 11.7 Å². The Morgan fingerprint density at radius 2 is 2.12 bits per heavy atom. The maximum Gasteiger partial charge on any atom is 0.251 e. The average molecular weight is 366 g/mol. The minimum Gasteiger partial charge on any atom is -0.352 e. The second-order valence-electron chi connectivity index (χ2n) is 6.63. The van der Waals surface area contributed by atoms with E-state index in [0.29, 0.717) is 12.1 Å². The van der Waals surface area contributed by atoms with Crippen LogP contribution >= 0.6 is 11.3 Å². The van der Waals surface area contributed by atoms with Crippen LogP contribution in [-0.2, 0) is 13.1 Å². The highest BCUT2D eigenvalue weighted by Crippen LogP contribution is 2.24. The Balaban J connectivity index is 1.37. The minimum atomic E-state index is -0.0165. The number of rotatable bonds is 6. The standard InChI is InChI=1S/C20H22N4OS/c25-20(17-4-2-1-3-5-17)21-9-6-18-13-23(12-16-8-11-26-15-16)14-19-7-10-22-24(18)19/h1-5,7-8,10-11,15,18H,6,9,12-14H2,(H,21,25)/t18-/m0/s1. The number of thiophene rings is 1. The Kier molecular flexibility index (Phi) is 5.13. The van der Waals surface area contributed by atoms with Crippen molar-refractivity contribution in [3.05, 3.63) is 76.2 Å². The summed E-state index contributed by atoms with van der Waals surface area (Å²) >= 11 is 1.74. The Morgan fingerprint density at radius 3 is 2.92 bits per heavy atom. The normalized spacial score (nSPS) is 17.0. The summed E-state index contributed by atoms with van der Waals surface area (Å²) in [5.41, 5.74) is 3.31. The molecule has 26 heavy (non-hydrogen) atoms. The first-order valence-electron chi connectivity index (χ1n) is 8.88. The molecule has 1 N–H and O–H groups in total. The van der Waals surface area contributed by atoms with Crippen molar-refractivity contribution in [3.63, 3.8) is 0 Å². The number of amides is 1. The molecule has 0 unspecified atom stereocenters. The molecule has 3 heterocycles. The van der Waals surface area contributed by atoms with Crippen molar-refractivity contribution in [2.45, 2.75) is 25.6 Å². The zero-order valence-corrected chi connectivity index (χ0v) is 15.4. The van der Waals surface area contributed by atoms with Crippen molar-refractivity contribution in [1.29, 1.82) is 0 Å². The summed E-state index contributed by atoms with van der Waals surface area (Å²) in [6.07, 6.45) is 2.74. The number of nitrogens with zero attached hydrogens (tertiary/aromatic N) is 3. The van der Waals surface area contributed by atoms with Gasteiger partial charge in [0.25, 0.3) is 5.91 Å². The van der Waals surface area contributed by atoms with Crippen molar-refractivity contribution in [2.75, 3.05) is 13.1 Å². The molecule has 1 atom stereocenters. The third-order valence-electron chi connectivity index (χ3n) is 4.74. The van der Waals surface area contributed by atoms with Gasteiger partial charge in [-0.25, -0.2) is 0 Å². The van der Waals surface area contributed by atoms with Gasteiger partial charge in [0.1, 0.15) is 0 Å². The zero-order valence-electron chi connectivity index (χ0n) is 14.5. The first kappa shape index (κ1) is 17.0. The number of hydrogen-bond donors (Lipinski definition) is 1. The SMILES string of the molecule is O=C(NCC[C@H]1CN(Cc2ccsc2)Cc2ccnn21)c1ccccc1. The Bertz CT molecular complexity index is 844. The lowest BCUT2D eigenvalue weighted by molar-refractivity contribution is 0.0947. The molecule has 134 valence electrons. The van der Waals surface area contributed by atoms with Crippen LogP contribution < -0.4 is 5.32 Å². The zero-order chi connectivity index (χ0) is 17.8. The lowest BCUT2D eigenvalue weighted by Crippen LogP contribution is -2.38. The van der Waals surface area contributed by atoms with E-state index in [4.69, 9.17) is 0 Å². The van der Waals surface area contributed by atoms with Gasteiger partial charge in [-0.1, -0.05) is 18.2 Å². The highest BCUT2D eigenvalue weighted by atomic mass is 32.1. The van der Waals surface area contributed by atoms with Gasteiger partial charge in [-0.15, -0.1) is 0 Å². The van der Waals surface area contributed by atoms with Crippen LogP contribution in [0, 0.1) is 0 Å². The summed E-state index contributed by atoms with van der Waals surface area (Å²) in [5, 5.41) is 11.9. The third-order valence-corrected chi connectivity index (χ3v) is 5.47. The van der Waals surface area contributed by atoms with Gasteiger partial charge in [-0.3, -0.25) is 14.4 Å². The number of aromatic nitrogens is 2. The molecule has 1 aliphatic rings. The van der Waals surface area contributed by atoms with E-state index in [-0.39, 0.29) is 11.9 Å². The van der Waals surface area contributed by atoms with E-state index in [2.05, 4.69) is 42.9 Å². The fourth-order valence-corrected chi connectivity index (χ4v) is 4.14. The lowest BCUT2D eigenvalue weighted by Gasteiger charge is -2.33. The topological polar surface area (TPSA) is 50.2 Å². The molecule has 1 aromatic carbocycles. The van der Waals surface area contributed by atoms with Crippen LogP contribution in [0.1, 0.15) is 34.1 Å². The predicted molar refractivity (Wildman–Crippen MR) is 103 cm³/mol. The molecule has 0 bridgehead atoms. The van der Waals surface area contributed by atoms with Gasteiger partial charge >= 0.3 is 0 Å². The number of carbonyl (C=O) groups excluding carboxylic acids is 1. The number of carbonyl (C=O) groups is 1. The summed E-state index contributed by atoms with van der Waals surface area (Å²) in [6.45, 7) is 3.47. The van der Waals surface area contributed by atoms with E-state index < -0.39 is 0 Å². The molecule has 0 spiro atoms. The third kappa shape index (κ3) is 3.86. The molecule has 0 aliphatic carbocycles. The summed E-state index contributed by atoms with van der Waals surface area (Å²) in [7, 11) is 0. The van der Waals surface area contributed by atoms with Crippen molar-refractivity contribution in [1.82, 2.24) is 20.0 Å². The van der Waals surface area contributed by atoms with Gasteiger partial charge in [0.2, 0.25) is 0 Å². The van der Waals surface area contributed by atoms with Crippen LogP contribution in [0.2, 0.25) is 0 Å². The second kappa shape index (κ2) is 7.85. The largest absolute Gasteiger partial charge is 0.352 e. The van der Waals surface area contributed by atoms with E-state index in [1.807, 2.05) is 36.5 Å². The molecular weight excluding hydrogens is 344 g/mol. The molecule has 0 radical (unpaired) electrons. The smallest absolute Gasteiger partial charge is 0.251 e. The number of fused-ring (bicyclic) bond motifs is 1. The molecule has 0 saturated heterocycles. The van der Waals surface area contributed by atoms with Crippen LogP contribution in [0.25, 0.3) is 0 Å². The minimum absolute atomic E-state index is 0.0165. The van der Waals surface area contributed by atoms with Crippen molar-refractivity contribution in [2.24, 2.45) is 0 Å². The lowest BCUT2D eigenvalue weighted by atomic mass is 10.1. The van der Waals surface area contributed by atoms with Gasteiger partial charge < -0.3 is 5.32 Å². The highest BCUT2D eigenvalue weighted by molar-refractivity contribution is 7.07. The molecule has 0 saturated carbocycles. The van der Waals surface area contributed by atoms with E-state index in [1.165, 1.54) is 11.3 Å². The van der Waals surface area contributed by atoms with Crippen LogP contribution in [0.4, 0.5) is 0 Å². The second-order valence-corrected chi connectivity index (χ2v) is 7.41. The fourth-order valence-electron chi connectivity index (χ4n) is 3.48. The van der Waals surface area contributed by atoms with Crippen LogP contribution in [0.15, 0.2) is 59.4 Å². The van der Waals surface area contributed by atoms with Gasteiger partial charge in [0, 0.05) is 37.9 Å². The molecule has 1 amide bonds. The number of benzene rings is 1. The Morgan fingerprint density at radius 1 is 1.23 bits per heavy atom. The quantitative estimate of drug-likeness (QED) is 0.728. The van der Waals surface area contributed by atoms with E-state index >= 15 is 0 Å². The maximum absolute atomic E-state index is 12.2. The molecule has 1 aliphatic heterocycles. The van der Waals surface area contributed by atoms with Crippen LogP contribution in [0.5, 0.6) is 0 Å². The van der Waals surface area contributed by atoms with E-state index in [1.54, 1.807) is 11.3 Å². The molecule has 3 aromatic rings. The maximum atomic E-state index is 12.2. The first-order valence-corrected chi connectivity index (χ1v) is 9.83. The van der Waals surface area contributed by atoms with Crippen molar-refractivity contribution >= 4 is 17.2 Å².